The van der Waals surface area contributed by atoms with Gasteiger partial charge in [0.15, 0.2) is 5.78 Å². The highest BCUT2D eigenvalue weighted by molar-refractivity contribution is 7.92. The lowest BCUT2D eigenvalue weighted by atomic mass is 10.0. The minimum absolute atomic E-state index is 0.0469. The normalized spacial score (nSPS) is 11.3. The fourth-order valence-corrected chi connectivity index (χ4v) is 6.59. The molecule has 0 atom stereocenters. The second kappa shape index (κ2) is 31.8. The number of anilines is 1. The minimum Gasteiger partial charge on any atom is -0.494 e. The zero-order chi connectivity index (χ0) is 42.1. The number of carbonyl (C=O) groups excluding carboxylic acids is 2. The number of carboxylic acid groups (broad SMARTS) is 2. The molecule has 16 nitrogen and oxygen atoms in total. The number of Topliss-reactive ketones (excluding diaryl/α,β-unsaturated/α-hetero) is 1. The maximum absolute atomic E-state index is 12.9. The summed E-state index contributed by atoms with van der Waals surface area (Å²) in [6.45, 7) is 1.81. The number of aromatic nitrogens is 1. The van der Waals surface area contributed by atoms with Gasteiger partial charge in [-0.2, -0.15) is 0 Å². The van der Waals surface area contributed by atoms with E-state index in [-0.39, 0.29) is 81.3 Å². The Bertz CT molecular complexity index is 1540. The predicted octanol–water partition coefficient (Wildman–Crippen LogP) is 6.04. The Morgan fingerprint density at radius 3 is 1.72 bits per heavy atom. The molecule has 0 fully saturated rings. The number of benzene rings is 1. The highest BCUT2D eigenvalue weighted by Gasteiger charge is 2.16. The summed E-state index contributed by atoms with van der Waals surface area (Å²) >= 11 is 0. The Balaban J connectivity index is 1.49. The van der Waals surface area contributed by atoms with Crippen molar-refractivity contribution < 1.29 is 61.5 Å². The lowest BCUT2D eigenvalue weighted by molar-refractivity contribution is -0.143. The SMILES string of the molecule is O=C(O)CCCCCCCCCCCCCCCOc1ccc(S(=O)(=O)Nc2ccc(C(=O)NCCOCCOCC(=O)CCCOCCOCC(=O)O)cn2)cc1. The third-order valence-electron chi connectivity index (χ3n) is 8.71. The number of ketones is 1. The molecule has 0 radical (unpaired) electrons. The van der Waals surface area contributed by atoms with Crippen LogP contribution < -0.4 is 14.8 Å². The number of sulfonamides is 1. The second-order valence-corrected chi connectivity index (χ2v) is 15.4. The first-order chi connectivity index (χ1) is 28.1. The summed E-state index contributed by atoms with van der Waals surface area (Å²) < 4.78 is 54.9. The average Bonchev–Trinajstić information content (AvgIpc) is 3.19. The average molecular weight is 838 g/mol. The van der Waals surface area contributed by atoms with Crippen LogP contribution in [-0.2, 0) is 43.4 Å². The molecule has 2 rings (SSSR count). The number of pyridine rings is 1. The van der Waals surface area contributed by atoms with Crippen LogP contribution in [0.4, 0.5) is 5.82 Å². The van der Waals surface area contributed by atoms with Crippen LogP contribution in [0.2, 0.25) is 0 Å². The monoisotopic (exact) mass is 837 g/mol. The molecule has 0 aliphatic carbocycles. The summed E-state index contributed by atoms with van der Waals surface area (Å²) in [4.78, 5) is 49.3. The van der Waals surface area contributed by atoms with Gasteiger partial charge in [0, 0.05) is 32.2 Å². The summed E-state index contributed by atoms with van der Waals surface area (Å²) in [6.07, 6.45) is 17.1. The number of carbonyl (C=O) groups is 4. The summed E-state index contributed by atoms with van der Waals surface area (Å²) in [7, 11) is -3.91. The van der Waals surface area contributed by atoms with Gasteiger partial charge >= 0.3 is 11.9 Å². The smallest absolute Gasteiger partial charge is 0.329 e. The molecule has 0 saturated heterocycles. The molecular weight excluding hydrogens is 775 g/mol. The largest absolute Gasteiger partial charge is 0.494 e. The van der Waals surface area contributed by atoms with Crippen molar-refractivity contribution in [1.82, 2.24) is 10.3 Å². The van der Waals surface area contributed by atoms with Crippen LogP contribution in [0.3, 0.4) is 0 Å². The lowest BCUT2D eigenvalue weighted by Gasteiger charge is -2.10. The topological polar surface area (TPSA) is 226 Å². The van der Waals surface area contributed by atoms with Crippen LogP contribution in [-0.4, -0.2) is 113 Å². The standard InChI is InChI=1S/C41H63N3O13S/c45-35(15-14-24-53-27-30-56-33-40(48)49)32-55-29-28-54-26-23-42-41(50)34-17-22-38(43-31-34)44-58(51,52)37-20-18-36(19-21-37)57-25-13-11-9-7-5-3-1-2-4-6-8-10-12-16-39(46)47/h17-22,31H,1-16,23-30,32-33H2,(H,42,50)(H,43,44)(H,46,47)(H,48,49). The molecule has 1 heterocycles. The van der Waals surface area contributed by atoms with Gasteiger partial charge in [-0.3, -0.25) is 19.1 Å². The lowest BCUT2D eigenvalue weighted by Crippen LogP contribution is -2.28. The number of unbranched alkanes of at least 4 members (excludes halogenated alkanes) is 12. The highest BCUT2D eigenvalue weighted by Crippen LogP contribution is 2.20. The van der Waals surface area contributed by atoms with E-state index in [9.17, 15) is 27.6 Å². The molecular formula is C41H63N3O13S. The van der Waals surface area contributed by atoms with E-state index in [0.29, 0.717) is 31.8 Å². The predicted molar refractivity (Wildman–Crippen MR) is 217 cm³/mol. The second-order valence-electron chi connectivity index (χ2n) is 13.7. The number of ether oxygens (including phenoxy) is 5. The number of amides is 1. The Morgan fingerprint density at radius 1 is 0.569 bits per heavy atom. The number of rotatable bonds is 38. The van der Waals surface area contributed by atoms with E-state index in [1.165, 1.54) is 75.4 Å². The van der Waals surface area contributed by atoms with Crippen LogP contribution in [0, 0.1) is 0 Å². The van der Waals surface area contributed by atoms with Gasteiger partial charge in [0.1, 0.15) is 24.8 Å². The van der Waals surface area contributed by atoms with Crippen LogP contribution in [0.5, 0.6) is 5.75 Å². The van der Waals surface area contributed by atoms with Gasteiger partial charge < -0.3 is 39.2 Å². The summed E-state index contributed by atoms with van der Waals surface area (Å²) in [5.41, 5.74) is 0.245. The molecule has 0 unspecified atom stereocenters. The third kappa shape index (κ3) is 26.0. The van der Waals surface area contributed by atoms with Gasteiger partial charge in [0.2, 0.25) is 0 Å². The zero-order valence-corrected chi connectivity index (χ0v) is 34.5. The Labute approximate surface area is 342 Å². The van der Waals surface area contributed by atoms with E-state index in [2.05, 4.69) is 15.0 Å². The van der Waals surface area contributed by atoms with Crippen molar-refractivity contribution in [2.45, 2.75) is 108 Å². The van der Waals surface area contributed by atoms with Crippen molar-refractivity contribution in [3.63, 3.8) is 0 Å². The van der Waals surface area contributed by atoms with Crippen LogP contribution in [0.25, 0.3) is 0 Å². The molecule has 17 heteroatoms. The van der Waals surface area contributed by atoms with E-state index >= 15 is 0 Å². The maximum atomic E-state index is 12.9. The van der Waals surface area contributed by atoms with Crippen LogP contribution >= 0.6 is 0 Å². The summed E-state index contributed by atoms with van der Waals surface area (Å²) in [5, 5.41) is 19.8. The maximum Gasteiger partial charge on any atom is 0.329 e. The summed E-state index contributed by atoms with van der Waals surface area (Å²) in [6, 6.07) is 9.06. The van der Waals surface area contributed by atoms with Gasteiger partial charge in [-0.05, 0) is 55.7 Å². The van der Waals surface area contributed by atoms with Crippen molar-refractivity contribution in [3.05, 3.63) is 48.2 Å². The van der Waals surface area contributed by atoms with E-state index in [1.54, 1.807) is 12.1 Å². The van der Waals surface area contributed by atoms with E-state index in [1.807, 2.05) is 0 Å². The fourth-order valence-electron chi connectivity index (χ4n) is 5.58. The first kappa shape index (κ1) is 50.0. The van der Waals surface area contributed by atoms with Gasteiger partial charge in [-0.1, -0.05) is 70.6 Å². The molecule has 1 aromatic carbocycles. The summed E-state index contributed by atoms with van der Waals surface area (Å²) in [5.74, 6) is -1.57. The van der Waals surface area contributed by atoms with Crippen molar-refractivity contribution >= 4 is 39.5 Å². The number of carboxylic acids is 2. The Morgan fingerprint density at radius 2 is 1.14 bits per heavy atom. The van der Waals surface area contributed by atoms with Crippen LogP contribution in [0.15, 0.2) is 47.5 Å². The van der Waals surface area contributed by atoms with Crippen molar-refractivity contribution in [2.75, 3.05) is 70.7 Å². The first-order valence-electron chi connectivity index (χ1n) is 20.3. The number of hydrogen-bond acceptors (Lipinski definition) is 12. The van der Waals surface area contributed by atoms with Crippen molar-refractivity contribution in [2.24, 2.45) is 0 Å². The quantitative estimate of drug-likeness (QED) is 0.0566. The Kier molecular flexibility index (Phi) is 27.4. The number of nitrogens with zero attached hydrogens (tertiary/aromatic N) is 1. The van der Waals surface area contributed by atoms with E-state index in [0.717, 1.165) is 38.5 Å². The number of hydrogen-bond donors (Lipinski definition) is 4. The molecule has 1 aromatic heterocycles. The Hall–Kier alpha value is -4.16. The number of nitrogens with one attached hydrogen (secondary N) is 2. The molecule has 0 saturated carbocycles. The van der Waals surface area contributed by atoms with Gasteiger partial charge in [0.05, 0.1) is 50.1 Å². The van der Waals surface area contributed by atoms with Gasteiger partial charge in [0.25, 0.3) is 15.9 Å². The molecule has 2 aromatic rings. The molecule has 0 bridgehead atoms. The van der Waals surface area contributed by atoms with E-state index < -0.39 is 27.9 Å². The van der Waals surface area contributed by atoms with Crippen molar-refractivity contribution in [1.29, 1.82) is 0 Å². The first-order valence-corrected chi connectivity index (χ1v) is 21.8. The van der Waals surface area contributed by atoms with Crippen molar-refractivity contribution in [3.8, 4) is 5.75 Å². The zero-order valence-electron chi connectivity index (χ0n) is 33.7. The van der Waals surface area contributed by atoms with E-state index in [4.69, 9.17) is 33.9 Å². The molecule has 4 N–H and O–H groups in total. The van der Waals surface area contributed by atoms with Crippen LogP contribution in [0.1, 0.15) is 113 Å². The van der Waals surface area contributed by atoms with Gasteiger partial charge in [-0.15, -0.1) is 0 Å². The third-order valence-corrected chi connectivity index (χ3v) is 10.1. The molecule has 58 heavy (non-hydrogen) atoms. The molecule has 0 aliphatic heterocycles. The molecule has 326 valence electrons. The molecule has 1 amide bonds. The molecule has 0 aliphatic rings. The molecule has 0 spiro atoms. The number of aliphatic carboxylic acids is 2. The fraction of sp³-hybridized carbons (Fsp3) is 0.634. The van der Waals surface area contributed by atoms with Gasteiger partial charge in [-0.25, -0.2) is 18.2 Å². The minimum atomic E-state index is -3.91. The highest BCUT2D eigenvalue weighted by atomic mass is 32.2.